The summed E-state index contributed by atoms with van der Waals surface area (Å²) in [6.07, 6.45) is -0.837. The molecule has 0 unspecified atom stereocenters. The number of amides is 1. The molecule has 10 heteroatoms. The Morgan fingerprint density at radius 2 is 1.91 bits per heavy atom. The fourth-order valence-corrected chi connectivity index (χ4v) is 4.10. The molecule has 2 fully saturated rings. The Bertz CT molecular complexity index is 1060. The zero-order chi connectivity index (χ0) is 23.4. The van der Waals surface area contributed by atoms with E-state index in [-0.39, 0.29) is 11.7 Å². The summed E-state index contributed by atoms with van der Waals surface area (Å²) in [5.74, 6) is -0.761. The number of carbonyl (C=O) groups excluding carboxylic acids is 2. The molecule has 0 radical (unpaired) electrons. The molecule has 0 saturated carbocycles. The molecule has 0 spiro atoms. The molecular weight excluding hydrogens is 416 g/mol. The van der Waals surface area contributed by atoms with Gasteiger partial charge in [-0.1, -0.05) is 6.92 Å². The van der Waals surface area contributed by atoms with E-state index in [1.807, 2.05) is 33.0 Å². The van der Waals surface area contributed by atoms with Crippen LogP contribution in [0, 0.1) is 6.92 Å². The summed E-state index contributed by atoms with van der Waals surface area (Å²) >= 11 is 0. The zero-order valence-corrected chi connectivity index (χ0v) is 19.5. The number of aromatic nitrogens is 3. The highest BCUT2D eigenvalue weighted by atomic mass is 16.8. The molecular formula is C22H30N4O6. The summed E-state index contributed by atoms with van der Waals surface area (Å²) in [6, 6.07) is 1.87. The monoisotopic (exact) mass is 446 g/mol. The lowest BCUT2D eigenvalue weighted by atomic mass is 10.1. The van der Waals surface area contributed by atoms with E-state index in [1.54, 1.807) is 32.3 Å². The molecule has 174 valence electrons. The largest absolute Gasteiger partial charge is 0.444 e. The highest BCUT2D eigenvalue weighted by Crippen LogP contribution is 2.44. The van der Waals surface area contributed by atoms with E-state index < -0.39 is 42.0 Å². The van der Waals surface area contributed by atoms with Crippen molar-refractivity contribution in [1.29, 1.82) is 0 Å². The molecule has 2 saturated heterocycles. The zero-order valence-electron chi connectivity index (χ0n) is 19.5. The number of ether oxygens (including phenoxy) is 4. The van der Waals surface area contributed by atoms with Crippen molar-refractivity contribution in [3.8, 4) is 0 Å². The van der Waals surface area contributed by atoms with Gasteiger partial charge in [-0.3, -0.25) is 10.1 Å². The van der Waals surface area contributed by atoms with E-state index in [4.69, 9.17) is 18.9 Å². The van der Waals surface area contributed by atoms with Gasteiger partial charge in [0, 0.05) is 18.0 Å². The molecule has 0 bridgehead atoms. The minimum atomic E-state index is -0.832. The fourth-order valence-electron chi connectivity index (χ4n) is 4.10. The van der Waals surface area contributed by atoms with Crippen LogP contribution in [0.25, 0.3) is 11.0 Å². The van der Waals surface area contributed by atoms with Crippen LogP contribution in [0.2, 0.25) is 0 Å². The Kier molecular flexibility index (Phi) is 5.51. The number of aryl methyl sites for hydroxylation is 1. The first kappa shape index (κ1) is 22.6. The summed E-state index contributed by atoms with van der Waals surface area (Å²) in [7, 11) is 0. The van der Waals surface area contributed by atoms with Crippen molar-refractivity contribution in [2.75, 3.05) is 5.32 Å². The maximum absolute atomic E-state index is 12.5. The first-order valence-corrected chi connectivity index (χ1v) is 10.8. The third kappa shape index (κ3) is 4.22. The summed E-state index contributed by atoms with van der Waals surface area (Å²) in [6.45, 7) is 12.6. The first-order valence-electron chi connectivity index (χ1n) is 10.8. The molecule has 4 rings (SSSR count). The van der Waals surface area contributed by atoms with Crippen LogP contribution >= 0.6 is 0 Å². The lowest BCUT2D eigenvalue weighted by molar-refractivity contribution is -0.196. The number of anilines is 1. The SMILES string of the molecule is CCC(=O)[C@H]1O[C@@H](n2ccc3c(C)nc(NC(=O)OC(C)(C)C)nc32)[C@@H]2OC(C)(C)O[C@@H]21. The number of carbonyl (C=O) groups is 2. The second-order valence-electron chi connectivity index (χ2n) is 9.55. The predicted molar refractivity (Wildman–Crippen MR) is 115 cm³/mol. The third-order valence-electron chi connectivity index (χ3n) is 5.34. The van der Waals surface area contributed by atoms with Crippen LogP contribution in [-0.4, -0.2) is 56.1 Å². The Morgan fingerprint density at radius 1 is 1.22 bits per heavy atom. The smallest absolute Gasteiger partial charge is 0.414 e. The molecule has 1 amide bonds. The topological polar surface area (TPSA) is 114 Å². The minimum Gasteiger partial charge on any atom is -0.444 e. The quantitative estimate of drug-likeness (QED) is 0.759. The van der Waals surface area contributed by atoms with Crippen LogP contribution in [0.5, 0.6) is 0 Å². The number of fused-ring (bicyclic) bond motifs is 2. The second kappa shape index (κ2) is 7.79. The number of hydrogen-bond acceptors (Lipinski definition) is 8. The van der Waals surface area contributed by atoms with Gasteiger partial charge >= 0.3 is 6.09 Å². The predicted octanol–water partition coefficient (Wildman–Crippen LogP) is 3.48. The van der Waals surface area contributed by atoms with E-state index in [1.165, 1.54) is 0 Å². The van der Waals surface area contributed by atoms with Crippen molar-refractivity contribution in [1.82, 2.24) is 14.5 Å². The minimum absolute atomic E-state index is 0.0432. The fraction of sp³-hybridized carbons (Fsp3) is 0.636. The molecule has 0 aromatic carbocycles. The molecule has 32 heavy (non-hydrogen) atoms. The molecule has 2 aromatic heterocycles. The Balaban J connectivity index is 1.69. The van der Waals surface area contributed by atoms with E-state index in [9.17, 15) is 9.59 Å². The maximum Gasteiger partial charge on any atom is 0.414 e. The standard InChI is InChI=1S/C22H30N4O6/c1-8-13(27)14-15-16(31-22(6,7)30-15)18(29-14)26-10-9-12-11(2)23-19(24-17(12)26)25-20(28)32-21(3,4)5/h9-10,14-16,18H,8H2,1-7H3,(H,23,24,25,28)/t14-,15-,16-,18-/m1/s1. The molecule has 2 aromatic rings. The molecule has 2 aliphatic rings. The average Bonchev–Trinajstić information content (AvgIpc) is 3.30. The molecule has 2 aliphatic heterocycles. The van der Waals surface area contributed by atoms with Crippen LogP contribution in [0.3, 0.4) is 0 Å². The van der Waals surface area contributed by atoms with Crippen LogP contribution in [0.4, 0.5) is 10.7 Å². The van der Waals surface area contributed by atoms with Gasteiger partial charge in [-0.05, 0) is 47.6 Å². The van der Waals surface area contributed by atoms with Gasteiger partial charge in [-0.15, -0.1) is 0 Å². The number of rotatable bonds is 4. The van der Waals surface area contributed by atoms with Gasteiger partial charge in [0.25, 0.3) is 0 Å². The van der Waals surface area contributed by atoms with Crippen molar-refractivity contribution in [3.63, 3.8) is 0 Å². The summed E-state index contributed by atoms with van der Waals surface area (Å²) in [5, 5.41) is 3.38. The average molecular weight is 447 g/mol. The summed E-state index contributed by atoms with van der Waals surface area (Å²) in [4.78, 5) is 33.6. The van der Waals surface area contributed by atoms with Gasteiger partial charge in [-0.25, -0.2) is 9.78 Å². The summed E-state index contributed by atoms with van der Waals surface area (Å²) < 4.78 is 25.4. The summed E-state index contributed by atoms with van der Waals surface area (Å²) in [5.41, 5.74) is 0.577. The van der Waals surface area contributed by atoms with Gasteiger partial charge in [-0.2, -0.15) is 4.98 Å². The Morgan fingerprint density at radius 3 is 2.56 bits per heavy atom. The molecule has 4 heterocycles. The van der Waals surface area contributed by atoms with E-state index >= 15 is 0 Å². The van der Waals surface area contributed by atoms with E-state index in [2.05, 4.69) is 15.3 Å². The molecule has 4 atom stereocenters. The molecule has 1 N–H and O–H groups in total. The molecule has 10 nitrogen and oxygen atoms in total. The van der Waals surface area contributed by atoms with Crippen molar-refractivity contribution in [2.45, 2.75) is 90.8 Å². The maximum atomic E-state index is 12.5. The highest BCUT2D eigenvalue weighted by molar-refractivity contribution is 5.86. The van der Waals surface area contributed by atoms with E-state index in [0.29, 0.717) is 17.8 Å². The first-order chi connectivity index (χ1) is 14.9. The van der Waals surface area contributed by atoms with Gasteiger partial charge in [0.15, 0.2) is 17.8 Å². The van der Waals surface area contributed by atoms with Crippen molar-refractivity contribution in [3.05, 3.63) is 18.0 Å². The number of ketones is 1. The Hall–Kier alpha value is -2.56. The van der Waals surface area contributed by atoms with Crippen molar-refractivity contribution >= 4 is 28.9 Å². The van der Waals surface area contributed by atoms with Crippen LogP contribution in [-0.2, 0) is 23.7 Å². The number of hydrogen-bond donors (Lipinski definition) is 1. The molecule has 0 aliphatic carbocycles. The third-order valence-corrected chi connectivity index (χ3v) is 5.34. The van der Waals surface area contributed by atoms with Gasteiger partial charge in [0.2, 0.25) is 5.95 Å². The van der Waals surface area contributed by atoms with Crippen LogP contribution in [0.15, 0.2) is 12.3 Å². The Labute approximate surface area is 186 Å². The van der Waals surface area contributed by atoms with Gasteiger partial charge < -0.3 is 23.5 Å². The highest BCUT2D eigenvalue weighted by Gasteiger charge is 2.57. The van der Waals surface area contributed by atoms with Crippen LogP contribution in [0.1, 0.15) is 59.9 Å². The number of nitrogens with zero attached hydrogens (tertiary/aromatic N) is 3. The van der Waals surface area contributed by atoms with Crippen LogP contribution < -0.4 is 5.32 Å². The number of nitrogens with one attached hydrogen (secondary N) is 1. The lowest BCUT2D eigenvalue weighted by Gasteiger charge is -2.24. The number of Topliss-reactive ketones (excluding diaryl/α,β-unsaturated/α-hetero) is 1. The second-order valence-corrected chi connectivity index (χ2v) is 9.55. The van der Waals surface area contributed by atoms with E-state index in [0.717, 1.165) is 5.39 Å². The van der Waals surface area contributed by atoms with Crippen molar-refractivity contribution in [2.24, 2.45) is 0 Å². The normalized spacial score (nSPS) is 26.8. The van der Waals surface area contributed by atoms with Gasteiger partial charge in [0.1, 0.15) is 29.6 Å². The van der Waals surface area contributed by atoms with Crippen molar-refractivity contribution < 1.29 is 28.5 Å². The lowest BCUT2D eigenvalue weighted by Crippen LogP contribution is -2.35. The van der Waals surface area contributed by atoms with Gasteiger partial charge in [0.05, 0.1) is 5.69 Å².